The number of hydrogen-bond acceptors (Lipinski definition) is 9. The number of fused-ring (bicyclic) bond motifs is 1. The van der Waals surface area contributed by atoms with Gasteiger partial charge in [-0.2, -0.15) is 13.2 Å². The molecule has 0 fully saturated rings. The third kappa shape index (κ3) is 9.33. The van der Waals surface area contributed by atoms with Crippen molar-refractivity contribution in [2.45, 2.75) is 91.8 Å². The number of alkyl halides is 3. The minimum atomic E-state index is -4.51. The maximum absolute atomic E-state index is 14.0. The van der Waals surface area contributed by atoms with Gasteiger partial charge in [0, 0.05) is 18.5 Å². The van der Waals surface area contributed by atoms with E-state index in [4.69, 9.17) is 14.2 Å². The number of ether oxygens (including phenoxy) is 3. The fourth-order valence-corrected chi connectivity index (χ4v) is 5.08. The summed E-state index contributed by atoms with van der Waals surface area (Å²) in [4.78, 5) is 55.1. The first kappa shape index (κ1) is 37.7. The lowest BCUT2D eigenvalue weighted by atomic mass is 9.78. The summed E-state index contributed by atoms with van der Waals surface area (Å²) in [6.07, 6.45) is -5.56. The molecule has 0 N–H and O–H groups in total. The molecule has 266 valence electrons. The van der Waals surface area contributed by atoms with Crippen LogP contribution < -0.4 is 10.3 Å². The van der Waals surface area contributed by atoms with Crippen LogP contribution in [0.2, 0.25) is 0 Å². The number of carbonyl (C=O) groups excluding carboxylic acids is 3. The number of hydrogen-bond donors (Lipinski definition) is 0. The molecule has 3 aromatic carbocycles. The third-order valence-corrected chi connectivity index (χ3v) is 7.61. The van der Waals surface area contributed by atoms with Crippen molar-refractivity contribution < 1.29 is 41.8 Å². The minimum absolute atomic E-state index is 0.0928. The van der Waals surface area contributed by atoms with E-state index in [0.29, 0.717) is 11.1 Å². The highest BCUT2D eigenvalue weighted by Gasteiger charge is 2.52. The van der Waals surface area contributed by atoms with E-state index in [-0.39, 0.29) is 41.8 Å². The monoisotopic (exact) mass is 695 g/mol. The Morgan fingerprint density at radius 1 is 0.820 bits per heavy atom. The lowest BCUT2D eigenvalue weighted by Crippen LogP contribution is -2.49. The molecule has 0 saturated heterocycles. The maximum atomic E-state index is 14.0. The highest BCUT2D eigenvalue weighted by atomic mass is 19.4. The number of Topliss-reactive ketones (excluding diaryl/α,β-unsaturated/α-hetero) is 1. The highest BCUT2D eigenvalue weighted by Crippen LogP contribution is 2.37. The van der Waals surface area contributed by atoms with Gasteiger partial charge in [-0.1, -0.05) is 29.5 Å². The molecule has 1 heterocycles. The van der Waals surface area contributed by atoms with Crippen molar-refractivity contribution in [1.29, 1.82) is 0 Å². The van der Waals surface area contributed by atoms with E-state index in [0.717, 1.165) is 10.7 Å². The van der Waals surface area contributed by atoms with Gasteiger partial charge in [0.05, 0.1) is 10.9 Å². The summed E-state index contributed by atoms with van der Waals surface area (Å²) in [6.45, 7) is 10.6. The zero-order chi connectivity index (χ0) is 37.1. The number of nitrogens with zero attached hydrogens (tertiary/aromatic N) is 3. The Balaban J connectivity index is 1.64. The van der Waals surface area contributed by atoms with Gasteiger partial charge < -0.3 is 14.2 Å². The first-order valence-corrected chi connectivity index (χ1v) is 15.9. The van der Waals surface area contributed by atoms with Crippen LogP contribution in [-0.4, -0.2) is 43.9 Å². The second kappa shape index (κ2) is 14.4. The van der Waals surface area contributed by atoms with Crippen LogP contribution in [0.4, 0.5) is 13.2 Å². The molecule has 0 aliphatic rings. The number of benzene rings is 3. The van der Waals surface area contributed by atoms with Crippen LogP contribution in [-0.2, 0) is 38.4 Å². The molecule has 4 rings (SSSR count). The normalized spacial score (nSPS) is 12.4. The van der Waals surface area contributed by atoms with Crippen molar-refractivity contribution in [1.82, 2.24) is 15.0 Å². The van der Waals surface area contributed by atoms with E-state index in [1.807, 2.05) is 0 Å². The zero-order valence-electron chi connectivity index (χ0n) is 29.0. The van der Waals surface area contributed by atoms with Gasteiger partial charge in [0.25, 0.3) is 5.56 Å². The summed E-state index contributed by atoms with van der Waals surface area (Å²) < 4.78 is 58.1. The Morgan fingerprint density at radius 2 is 1.42 bits per heavy atom. The Bertz CT molecular complexity index is 1910. The first-order chi connectivity index (χ1) is 23.2. The molecule has 0 amide bonds. The second-order valence-electron chi connectivity index (χ2n) is 14.0. The fraction of sp³-hybridized carbons (Fsp3) is 0.405. The van der Waals surface area contributed by atoms with Crippen molar-refractivity contribution in [2.75, 3.05) is 0 Å². The fourth-order valence-electron chi connectivity index (χ4n) is 5.08. The van der Waals surface area contributed by atoms with Crippen LogP contribution in [0.15, 0.2) is 71.5 Å². The molecule has 0 bridgehead atoms. The molecule has 0 aliphatic heterocycles. The number of halogens is 3. The molecular formula is C37H40F3N3O7. The van der Waals surface area contributed by atoms with Crippen molar-refractivity contribution in [3.8, 4) is 5.75 Å². The van der Waals surface area contributed by atoms with E-state index < -0.39 is 58.1 Å². The van der Waals surface area contributed by atoms with Crippen LogP contribution in [0.1, 0.15) is 81.4 Å². The maximum Gasteiger partial charge on any atom is 0.416 e. The summed E-state index contributed by atoms with van der Waals surface area (Å²) in [5.41, 5.74) is -4.67. The SMILES string of the molecule is Cc1ccc(COc2ccc(C(=O)CC(CCn3nnc4ccccc4c3=O)(C(=O)OC(C)(C)C)C(=O)OC(C)(C)C)cc2)cc1C(F)(F)F. The first-order valence-electron chi connectivity index (χ1n) is 15.9. The van der Waals surface area contributed by atoms with Gasteiger partial charge >= 0.3 is 18.1 Å². The predicted molar refractivity (Wildman–Crippen MR) is 178 cm³/mol. The van der Waals surface area contributed by atoms with Gasteiger partial charge in [0.15, 0.2) is 11.2 Å². The zero-order valence-corrected chi connectivity index (χ0v) is 29.0. The molecular weight excluding hydrogens is 655 g/mol. The average Bonchev–Trinajstić information content (AvgIpc) is 3.01. The molecule has 10 nitrogen and oxygen atoms in total. The molecule has 0 spiro atoms. The van der Waals surface area contributed by atoms with E-state index in [2.05, 4.69) is 10.3 Å². The minimum Gasteiger partial charge on any atom is -0.489 e. The molecule has 0 atom stereocenters. The number of rotatable bonds is 11. The van der Waals surface area contributed by atoms with Gasteiger partial charge in [-0.05, 0) is 108 Å². The average molecular weight is 696 g/mol. The van der Waals surface area contributed by atoms with Crippen LogP contribution >= 0.6 is 0 Å². The topological polar surface area (TPSA) is 127 Å². The lowest BCUT2D eigenvalue weighted by Gasteiger charge is -2.34. The molecule has 0 unspecified atom stereocenters. The smallest absolute Gasteiger partial charge is 0.416 e. The number of aromatic nitrogens is 3. The summed E-state index contributed by atoms with van der Waals surface area (Å²) in [5, 5.41) is 8.33. The van der Waals surface area contributed by atoms with E-state index in [1.54, 1.807) is 65.8 Å². The van der Waals surface area contributed by atoms with Crippen molar-refractivity contribution >= 4 is 28.6 Å². The van der Waals surface area contributed by atoms with Gasteiger partial charge in [-0.25, -0.2) is 4.68 Å². The molecule has 1 aromatic heterocycles. The highest BCUT2D eigenvalue weighted by molar-refractivity contribution is 6.07. The predicted octanol–water partition coefficient (Wildman–Crippen LogP) is 7.03. The molecule has 4 aromatic rings. The van der Waals surface area contributed by atoms with Gasteiger partial charge in [-0.15, -0.1) is 5.10 Å². The van der Waals surface area contributed by atoms with Crippen LogP contribution in [0.5, 0.6) is 5.75 Å². The second-order valence-corrected chi connectivity index (χ2v) is 14.0. The summed E-state index contributed by atoms with van der Waals surface area (Å²) >= 11 is 0. The van der Waals surface area contributed by atoms with E-state index >= 15 is 0 Å². The van der Waals surface area contributed by atoms with Crippen molar-refractivity contribution in [3.05, 3.63) is 99.3 Å². The number of aryl methyl sites for hydroxylation is 2. The molecule has 13 heteroatoms. The van der Waals surface area contributed by atoms with Crippen molar-refractivity contribution in [2.24, 2.45) is 5.41 Å². The summed E-state index contributed by atoms with van der Waals surface area (Å²) in [7, 11) is 0. The Hall–Kier alpha value is -5.07. The van der Waals surface area contributed by atoms with Gasteiger partial charge in [-0.3, -0.25) is 19.2 Å². The summed E-state index contributed by atoms with van der Waals surface area (Å²) in [5.74, 6) is -2.36. The standard InChI is InChI=1S/C37H40F3N3O7/c1-23-12-13-24(20-28(23)37(38,39)40)22-48-26-16-14-25(15-17-26)30(44)21-36(32(46)49-34(2,3)4,33(47)50-35(5,6)7)18-19-43-31(45)27-10-8-9-11-29(27)41-42-43/h8-17,20H,18-19,21-22H2,1-7H3. The Kier molecular flexibility index (Phi) is 10.9. The van der Waals surface area contributed by atoms with E-state index in [9.17, 15) is 32.3 Å². The lowest BCUT2D eigenvalue weighted by molar-refractivity contribution is -0.186. The quantitative estimate of drug-likeness (QED) is 0.0923. The summed E-state index contributed by atoms with van der Waals surface area (Å²) in [6, 6.07) is 16.3. The number of ketones is 1. The molecule has 0 radical (unpaired) electrons. The third-order valence-electron chi connectivity index (χ3n) is 7.61. The molecule has 0 aliphatic carbocycles. The van der Waals surface area contributed by atoms with Crippen LogP contribution in [0.25, 0.3) is 10.9 Å². The van der Waals surface area contributed by atoms with Crippen LogP contribution in [0, 0.1) is 12.3 Å². The van der Waals surface area contributed by atoms with Gasteiger partial charge in [0.2, 0.25) is 0 Å². The Morgan fingerprint density at radius 3 is 2.00 bits per heavy atom. The number of carbonyl (C=O) groups is 3. The molecule has 50 heavy (non-hydrogen) atoms. The number of esters is 2. The van der Waals surface area contributed by atoms with Crippen molar-refractivity contribution in [3.63, 3.8) is 0 Å². The Labute approximate surface area is 287 Å². The van der Waals surface area contributed by atoms with Crippen LogP contribution in [0.3, 0.4) is 0 Å². The van der Waals surface area contributed by atoms with E-state index in [1.165, 1.54) is 43.3 Å². The van der Waals surface area contributed by atoms with Gasteiger partial charge in [0.1, 0.15) is 29.1 Å². The molecule has 0 saturated carbocycles. The largest absolute Gasteiger partial charge is 0.489 e.